The number of nitrogens with zero attached hydrogens (tertiary/aromatic N) is 5. The van der Waals surface area contributed by atoms with E-state index in [9.17, 15) is 23.3 Å². The quantitative estimate of drug-likeness (QED) is 0.243. The van der Waals surface area contributed by atoms with Crippen LogP contribution < -0.4 is 14.5 Å². The highest BCUT2D eigenvalue weighted by molar-refractivity contribution is 7.92. The number of carbonyl (C=O) groups is 1. The van der Waals surface area contributed by atoms with Crippen molar-refractivity contribution in [3.05, 3.63) is 88.0 Å². The molecule has 0 spiro atoms. The molecule has 41 heavy (non-hydrogen) atoms. The number of para-hydroxylation sites is 1. The van der Waals surface area contributed by atoms with Gasteiger partial charge in [0.15, 0.2) is 5.13 Å². The number of hydrogen-bond acceptors (Lipinski definition) is 9. The molecule has 2 aliphatic rings. The number of nitro benzene ring substituents is 1. The number of benzene rings is 3. The Morgan fingerprint density at radius 2 is 1.76 bits per heavy atom. The number of non-ortho nitro benzene ring substituents is 1. The van der Waals surface area contributed by atoms with Crippen LogP contribution in [-0.4, -0.2) is 74.9 Å². The van der Waals surface area contributed by atoms with Crippen LogP contribution in [0.2, 0.25) is 0 Å². The average Bonchev–Trinajstić information content (AvgIpc) is 3.62. The van der Waals surface area contributed by atoms with Crippen molar-refractivity contribution in [2.75, 3.05) is 55.0 Å². The van der Waals surface area contributed by atoms with Crippen molar-refractivity contribution in [1.82, 2.24) is 15.2 Å². The van der Waals surface area contributed by atoms with Crippen molar-refractivity contribution >= 4 is 54.0 Å². The van der Waals surface area contributed by atoms with Gasteiger partial charge in [-0.25, -0.2) is 13.4 Å². The van der Waals surface area contributed by atoms with Gasteiger partial charge in [0.05, 0.1) is 25.7 Å². The second kappa shape index (κ2) is 11.1. The zero-order valence-electron chi connectivity index (χ0n) is 22.1. The van der Waals surface area contributed by atoms with Gasteiger partial charge in [0, 0.05) is 63.5 Å². The molecule has 1 saturated heterocycles. The third-order valence-electron chi connectivity index (χ3n) is 7.48. The predicted molar refractivity (Wildman–Crippen MR) is 158 cm³/mol. The third kappa shape index (κ3) is 5.47. The summed E-state index contributed by atoms with van der Waals surface area (Å²) in [5.41, 5.74) is 2.95. The van der Waals surface area contributed by atoms with Crippen molar-refractivity contribution < 1.29 is 18.1 Å². The van der Waals surface area contributed by atoms with Crippen LogP contribution in [-0.2, 0) is 16.4 Å². The van der Waals surface area contributed by atoms with Gasteiger partial charge in [-0.2, -0.15) is 0 Å². The first-order valence-electron chi connectivity index (χ1n) is 13.3. The molecule has 11 nitrogen and oxygen atoms in total. The van der Waals surface area contributed by atoms with E-state index in [0.717, 1.165) is 47.1 Å². The Morgan fingerprint density at radius 3 is 2.51 bits per heavy atom. The minimum Gasteiger partial charge on any atom is -0.351 e. The minimum absolute atomic E-state index is 0.0637. The Kier molecular flexibility index (Phi) is 7.32. The molecule has 0 unspecified atom stereocenters. The summed E-state index contributed by atoms with van der Waals surface area (Å²) in [7, 11) is -3.70. The first kappa shape index (κ1) is 27.1. The zero-order chi connectivity index (χ0) is 28.6. The minimum atomic E-state index is -3.70. The van der Waals surface area contributed by atoms with E-state index in [-0.39, 0.29) is 16.5 Å². The van der Waals surface area contributed by atoms with E-state index in [1.165, 1.54) is 33.8 Å². The standard InChI is InChI=1S/C28H28N6O5S2/c35-27(21-5-8-23(9-6-21)41(38,39)33-13-11-20-3-1-2-4-25(20)33)29-12-14-31-15-17-32(18-16-31)28-30-24-10-7-22(34(36)37)19-26(24)40-28/h1-10,19H,11-18H2,(H,29,35). The Bertz CT molecular complexity index is 1720. The van der Waals surface area contributed by atoms with Crippen LogP contribution in [0.5, 0.6) is 0 Å². The lowest BCUT2D eigenvalue weighted by atomic mass is 10.2. The number of nitrogens with one attached hydrogen (secondary N) is 1. The lowest BCUT2D eigenvalue weighted by Gasteiger charge is -2.34. The van der Waals surface area contributed by atoms with E-state index in [1.807, 2.05) is 24.3 Å². The third-order valence-corrected chi connectivity index (χ3v) is 10.4. The fourth-order valence-electron chi connectivity index (χ4n) is 5.21. The number of aromatic nitrogens is 1. The number of rotatable bonds is 8. The van der Waals surface area contributed by atoms with Crippen LogP contribution in [0.3, 0.4) is 0 Å². The van der Waals surface area contributed by atoms with Gasteiger partial charge < -0.3 is 10.2 Å². The molecule has 1 aromatic heterocycles. The molecule has 0 aliphatic carbocycles. The van der Waals surface area contributed by atoms with Gasteiger partial charge in [-0.3, -0.25) is 24.1 Å². The average molecular weight is 593 g/mol. The summed E-state index contributed by atoms with van der Waals surface area (Å²) in [6.45, 7) is 4.71. The maximum Gasteiger partial charge on any atom is 0.270 e. The van der Waals surface area contributed by atoms with Gasteiger partial charge in [-0.15, -0.1) is 0 Å². The SMILES string of the molecule is O=C(NCCN1CCN(c2nc3ccc([N+](=O)[O-])cc3s2)CC1)c1ccc(S(=O)(=O)N2CCc3ccccc32)cc1. The normalized spacial score (nSPS) is 15.7. The Morgan fingerprint density at radius 1 is 1.00 bits per heavy atom. The van der Waals surface area contributed by atoms with Crippen molar-refractivity contribution in [2.45, 2.75) is 11.3 Å². The molecule has 6 rings (SSSR count). The molecule has 1 amide bonds. The highest BCUT2D eigenvalue weighted by Gasteiger charge is 2.30. The fraction of sp³-hybridized carbons (Fsp3) is 0.286. The molecule has 13 heteroatoms. The Labute approximate surface area is 241 Å². The first-order chi connectivity index (χ1) is 19.8. The molecule has 212 valence electrons. The first-order valence-corrected chi connectivity index (χ1v) is 15.6. The molecule has 2 aliphatic heterocycles. The highest BCUT2D eigenvalue weighted by Crippen LogP contribution is 2.33. The number of fused-ring (bicyclic) bond motifs is 2. The summed E-state index contributed by atoms with van der Waals surface area (Å²) in [5.74, 6) is -0.248. The lowest BCUT2D eigenvalue weighted by Crippen LogP contribution is -2.48. The lowest BCUT2D eigenvalue weighted by molar-refractivity contribution is -0.384. The van der Waals surface area contributed by atoms with Crippen molar-refractivity contribution in [3.8, 4) is 0 Å². The number of nitro groups is 1. The maximum atomic E-state index is 13.2. The van der Waals surface area contributed by atoms with Crippen molar-refractivity contribution in [3.63, 3.8) is 0 Å². The molecule has 3 aromatic carbocycles. The van der Waals surface area contributed by atoms with E-state index in [4.69, 9.17) is 0 Å². The summed E-state index contributed by atoms with van der Waals surface area (Å²) in [4.78, 5) is 32.6. The van der Waals surface area contributed by atoms with Crippen molar-refractivity contribution in [1.29, 1.82) is 0 Å². The summed E-state index contributed by atoms with van der Waals surface area (Å²) >= 11 is 1.46. The number of amides is 1. The molecule has 0 atom stereocenters. The summed E-state index contributed by atoms with van der Waals surface area (Å²) in [6.07, 6.45) is 0.680. The number of hydrogen-bond donors (Lipinski definition) is 1. The highest BCUT2D eigenvalue weighted by atomic mass is 32.2. The molecule has 1 N–H and O–H groups in total. The molecule has 0 radical (unpaired) electrons. The summed E-state index contributed by atoms with van der Waals surface area (Å²) in [5, 5.41) is 14.8. The molecular formula is C28H28N6O5S2. The summed E-state index contributed by atoms with van der Waals surface area (Å²) in [6, 6.07) is 18.3. The molecule has 3 heterocycles. The van der Waals surface area contributed by atoms with Crippen LogP contribution >= 0.6 is 11.3 Å². The Balaban J connectivity index is 0.988. The van der Waals surface area contributed by atoms with E-state index in [0.29, 0.717) is 37.3 Å². The van der Waals surface area contributed by atoms with Crippen LogP contribution in [0.1, 0.15) is 15.9 Å². The van der Waals surface area contributed by atoms with Gasteiger partial charge in [0.25, 0.3) is 21.6 Å². The molecule has 0 saturated carbocycles. The van der Waals surface area contributed by atoms with E-state index in [1.54, 1.807) is 24.3 Å². The van der Waals surface area contributed by atoms with Crippen molar-refractivity contribution in [2.24, 2.45) is 0 Å². The van der Waals surface area contributed by atoms with Crippen LogP contribution in [0.4, 0.5) is 16.5 Å². The number of sulfonamides is 1. The fourth-order valence-corrected chi connectivity index (χ4v) is 7.76. The number of carbonyl (C=O) groups excluding carboxylic acids is 1. The second-order valence-corrected chi connectivity index (χ2v) is 12.8. The topological polar surface area (TPSA) is 129 Å². The maximum absolute atomic E-state index is 13.2. The van der Waals surface area contributed by atoms with Gasteiger partial charge in [0.2, 0.25) is 0 Å². The second-order valence-electron chi connectivity index (χ2n) is 9.97. The van der Waals surface area contributed by atoms with Gasteiger partial charge in [0.1, 0.15) is 0 Å². The summed E-state index contributed by atoms with van der Waals surface area (Å²) < 4.78 is 28.7. The largest absolute Gasteiger partial charge is 0.351 e. The molecular weight excluding hydrogens is 564 g/mol. The van der Waals surface area contributed by atoms with Gasteiger partial charge in [-0.05, 0) is 48.4 Å². The predicted octanol–water partition coefficient (Wildman–Crippen LogP) is 3.51. The monoisotopic (exact) mass is 592 g/mol. The molecule has 1 fully saturated rings. The van der Waals surface area contributed by atoms with E-state index >= 15 is 0 Å². The van der Waals surface area contributed by atoms with Crippen LogP contribution in [0.25, 0.3) is 10.2 Å². The number of anilines is 2. The molecule has 4 aromatic rings. The van der Waals surface area contributed by atoms with Crippen LogP contribution in [0, 0.1) is 10.1 Å². The van der Waals surface area contributed by atoms with Gasteiger partial charge >= 0.3 is 0 Å². The smallest absolute Gasteiger partial charge is 0.270 e. The zero-order valence-corrected chi connectivity index (χ0v) is 23.7. The van der Waals surface area contributed by atoms with Crippen LogP contribution in [0.15, 0.2) is 71.6 Å². The van der Waals surface area contributed by atoms with Gasteiger partial charge in [-0.1, -0.05) is 29.5 Å². The number of piperazine rings is 1. The number of thiazole rings is 1. The Hall–Kier alpha value is -4.07. The van der Waals surface area contributed by atoms with E-state index < -0.39 is 14.9 Å². The molecule has 0 bridgehead atoms. The van der Waals surface area contributed by atoms with E-state index in [2.05, 4.69) is 20.1 Å².